The van der Waals surface area contributed by atoms with E-state index in [0.29, 0.717) is 55.9 Å². The molecule has 2 aromatic heterocycles. The second-order valence-electron chi connectivity index (χ2n) is 12.3. The van der Waals surface area contributed by atoms with Crippen LogP contribution >= 0.6 is 0 Å². The number of amides is 3. The fourth-order valence-electron chi connectivity index (χ4n) is 5.26. The first-order valence-electron chi connectivity index (χ1n) is 16.6. The van der Waals surface area contributed by atoms with Crippen LogP contribution in [0.4, 0.5) is 5.69 Å². The van der Waals surface area contributed by atoms with Gasteiger partial charge in [0.05, 0.1) is 6.04 Å². The third kappa shape index (κ3) is 10.7. The van der Waals surface area contributed by atoms with Gasteiger partial charge in [-0.1, -0.05) is 32.4 Å². The van der Waals surface area contributed by atoms with Gasteiger partial charge in [-0.2, -0.15) is 0 Å². The highest BCUT2D eigenvalue weighted by Gasteiger charge is 2.29. The molecule has 0 aliphatic heterocycles. The van der Waals surface area contributed by atoms with Crippen LogP contribution in [0.5, 0.6) is 5.75 Å². The first-order chi connectivity index (χ1) is 23.6. The minimum atomic E-state index is -1.02. The quantitative estimate of drug-likeness (QED) is 0.0823. The minimum absolute atomic E-state index is 0.106. The van der Waals surface area contributed by atoms with Gasteiger partial charge in [0.25, 0.3) is 0 Å². The molecule has 0 radical (unpaired) electrons. The lowest BCUT2D eigenvalue weighted by atomic mass is 9.98. The largest absolute Gasteiger partial charge is 0.489 e. The average molecular weight is 671 g/mol. The number of anilines is 1. The maximum atomic E-state index is 13.9. The molecule has 2 heterocycles. The smallest absolute Gasteiger partial charge is 0.336 e. The zero-order chi connectivity index (χ0) is 35.3. The van der Waals surface area contributed by atoms with Crippen LogP contribution in [0, 0.1) is 12.8 Å². The van der Waals surface area contributed by atoms with Crippen LogP contribution in [-0.2, 0) is 27.4 Å². The molecule has 0 bridgehead atoms. The predicted octanol–water partition coefficient (Wildman–Crippen LogP) is 3.73. The summed E-state index contributed by atoms with van der Waals surface area (Å²) in [5.74, 6) is -0.911. The number of fused-ring (bicyclic) bond motifs is 1. The summed E-state index contributed by atoms with van der Waals surface area (Å²) in [6, 6.07) is 14.7. The molecule has 0 saturated carbocycles. The Balaban J connectivity index is 1.51. The number of carbonyl (C=O) groups excluding carboxylic acids is 3. The number of benzene rings is 2. The lowest BCUT2D eigenvalue weighted by Gasteiger charge is -2.25. The maximum absolute atomic E-state index is 13.9. The molecule has 0 saturated heterocycles. The molecule has 12 heteroatoms. The number of aryl methyl sites for hydroxylation is 1. The Morgan fingerprint density at radius 1 is 0.898 bits per heavy atom. The second kappa shape index (κ2) is 17.9. The second-order valence-corrected chi connectivity index (χ2v) is 12.3. The number of hydrogen-bond donors (Lipinski definition) is 5. The van der Waals surface area contributed by atoms with Crippen molar-refractivity contribution in [3.8, 4) is 5.75 Å². The third-order valence-corrected chi connectivity index (χ3v) is 8.51. The Hall–Kier alpha value is -5.07. The van der Waals surface area contributed by atoms with Gasteiger partial charge >= 0.3 is 5.63 Å². The van der Waals surface area contributed by atoms with E-state index in [-0.39, 0.29) is 12.3 Å². The zero-order valence-electron chi connectivity index (χ0n) is 28.2. The SMILES string of the molecule is CC[C@H](C)[C@@H](N)C(=O)N[C@@H](Cc1ccc(OCc2ccncc2)cc1)C(=O)N[C@@H](CCCCN)C(=O)Nc1ccc2c(C)cc(=O)oc2c1. The molecule has 4 atom stereocenters. The van der Waals surface area contributed by atoms with E-state index in [9.17, 15) is 19.2 Å². The highest BCUT2D eigenvalue weighted by atomic mass is 16.5. The fraction of sp³-hybridized carbons (Fsp3) is 0.378. The molecule has 3 amide bonds. The minimum Gasteiger partial charge on any atom is -0.489 e. The molecule has 0 aliphatic rings. The molecular weight excluding hydrogens is 624 g/mol. The maximum Gasteiger partial charge on any atom is 0.336 e. The van der Waals surface area contributed by atoms with Gasteiger partial charge in [0.2, 0.25) is 17.7 Å². The molecule has 0 unspecified atom stereocenters. The van der Waals surface area contributed by atoms with Crippen molar-refractivity contribution in [2.75, 3.05) is 11.9 Å². The number of aromatic nitrogens is 1. The van der Waals surface area contributed by atoms with E-state index in [1.54, 1.807) is 49.6 Å². The Morgan fingerprint density at radius 3 is 2.31 bits per heavy atom. The van der Waals surface area contributed by atoms with Gasteiger partial charge in [-0.05, 0) is 91.7 Å². The van der Waals surface area contributed by atoms with Gasteiger partial charge in [-0.3, -0.25) is 19.4 Å². The van der Waals surface area contributed by atoms with E-state index in [4.69, 9.17) is 20.6 Å². The topological polar surface area (TPSA) is 192 Å². The molecule has 2 aromatic carbocycles. The van der Waals surface area contributed by atoms with Crippen LogP contribution in [0.3, 0.4) is 0 Å². The van der Waals surface area contributed by atoms with Crippen molar-refractivity contribution in [3.05, 3.63) is 100 Å². The molecule has 0 spiro atoms. The molecule has 260 valence electrons. The van der Waals surface area contributed by atoms with Crippen LogP contribution < -0.4 is 37.8 Å². The average Bonchev–Trinajstić information content (AvgIpc) is 3.10. The van der Waals surface area contributed by atoms with E-state index in [1.165, 1.54) is 6.07 Å². The van der Waals surface area contributed by atoms with Crippen LogP contribution in [-0.4, -0.2) is 47.4 Å². The number of unbranched alkanes of at least 4 members (excludes halogenated alkanes) is 1. The number of nitrogens with two attached hydrogens (primary N) is 2. The van der Waals surface area contributed by atoms with E-state index in [1.807, 2.05) is 38.1 Å². The molecule has 4 aromatic rings. The van der Waals surface area contributed by atoms with E-state index < -0.39 is 41.5 Å². The van der Waals surface area contributed by atoms with Gasteiger partial charge in [0.15, 0.2) is 0 Å². The van der Waals surface area contributed by atoms with Crippen molar-refractivity contribution < 1.29 is 23.5 Å². The summed E-state index contributed by atoms with van der Waals surface area (Å²) >= 11 is 0. The monoisotopic (exact) mass is 670 g/mol. The lowest BCUT2D eigenvalue weighted by Crippen LogP contribution is -2.56. The van der Waals surface area contributed by atoms with Crippen LogP contribution in [0.25, 0.3) is 11.0 Å². The van der Waals surface area contributed by atoms with Crippen molar-refractivity contribution in [2.24, 2.45) is 17.4 Å². The summed E-state index contributed by atoms with van der Waals surface area (Å²) in [5, 5.41) is 9.26. The Kier molecular flexibility index (Phi) is 13.4. The number of carbonyl (C=O) groups is 3. The number of rotatable bonds is 17. The third-order valence-electron chi connectivity index (χ3n) is 8.51. The van der Waals surface area contributed by atoms with Crippen molar-refractivity contribution in [3.63, 3.8) is 0 Å². The molecule has 7 N–H and O–H groups in total. The van der Waals surface area contributed by atoms with Gasteiger partial charge in [-0.15, -0.1) is 0 Å². The number of hydrogen-bond acceptors (Lipinski definition) is 9. The fourth-order valence-corrected chi connectivity index (χ4v) is 5.26. The molecule has 12 nitrogen and oxygen atoms in total. The van der Waals surface area contributed by atoms with Crippen molar-refractivity contribution in [1.29, 1.82) is 0 Å². The van der Waals surface area contributed by atoms with Crippen molar-refractivity contribution >= 4 is 34.4 Å². The molecule has 49 heavy (non-hydrogen) atoms. The molecule has 0 fully saturated rings. The van der Waals surface area contributed by atoms with Gasteiger partial charge in [0, 0.05) is 42.0 Å². The highest BCUT2D eigenvalue weighted by molar-refractivity contribution is 5.99. The molecule has 0 aliphatic carbocycles. The number of nitrogens with zero attached hydrogens (tertiary/aromatic N) is 1. The molecule has 4 rings (SSSR count). The lowest BCUT2D eigenvalue weighted by molar-refractivity contribution is -0.131. The first-order valence-corrected chi connectivity index (χ1v) is 16.6. The van der Waals surface area contributed by atoms with E-state index >= 15 is 0 Å². The van der Waals surface area contributed by atoms with Crippen LogP contribution in [0.1, 0.15) is 56.2 Å². The van der Waals surface area contributed by atoms with Gasteiger partial charge < -0.3 is 36.6 Å². The highest BCUT2D eigenvalue weighted by Crippen LogP contribution is 2.21. The van der Waals surface area contributed by atoms with Crippen LogP contribution in [0.15, 0.2) is 82.3 Å². The number of nitrogens with one attached hydrogen (secondary N) is 3. The summed E-state index contributed by atoms with van der Waals surface area (Å²) in [7, 11) is 0. The Bertz CT molecular complexity index is 1760. The summed E-state index contributed by atoms with van der Waals surface area (Å²) in [6.45, 7) is 6.42. The van der Waals surface area contributed by atoms with Crippen molar-refractivity contribution in [1.82, 2.24) is 15.6 Å². The number of pyridine rings is 1. The summed E-state index contributed by atoms with van der Waals surface area (Å²) < 4.78 is 11.2. The van der Waals surface area contributed by atoms with Crippen LogP contribution in [0.2, 0.25) is 0 Å². The summed E-state index contributed by atoms with van der Waals surface area (Å²) in [4.78, 5) is 56.6. The van der Waals surface area contributed by atoms with E-state index in [2.05, 4.69) is 20.9 Å². The molecular formula is C37H46N6O6. The van der Waals surface area contributed by atoms with Gasteiger partial charge in [0.1, 0.15) is 30.0 Å². The Labute approximate surface area is 286 Å². The normalized spacial score (nSPS) is 13.6. The summed E-state index contributed by atoms with van der Waals surface area (Å²) in [5.41, 5.74) is 14.7. The number of ether oxygens (including phenoxy) is 1. The zero-order valence-corrected chi connectivity index (χ0v) is 28.2. The van der Waals surface area contributed by atoms with Crippen molar-refractivity contribution in [2.45, 2.75) is 77.6 Å². The Morgan fingerprint density at radius 2 is 1.61 bits per heavy atom. The van der Waals surface area contributed by atoms with E-state index in [0.717, 1.165) is 22.1 Å². The summed E-state index contributed by atoms with van der Waals surface area (Å²) in [6.07, 6.45) is 5.78. The standard InChI is InChI=1S/C37H46N6O6/c1-4-23(2)34(39)37(47)43-31(20-25-8-11-28(12-9-25)48-22-26-14-17-40-18-15-26)36(46)42-30(7-5-6-16-38)35(45)41-27-10-13-29-24(3)19-33(44)49-32(29)21-27/h8-15,17-19,21,23,30-31,34H,4-7,16,20,22,38-39H2,1-3H3,(H,41,45)(H,42,46)(H,43,47)/t23-,30-,31-,34+/m0/s1. The van der Waals surface area contributed by atoms with Gasteiger partial charge in [-0.25, -0.2) is 4.79 Å². The first kappa shape index (κ1) is 36.8. The predicted molar refractivity (Wildman–Crippen MR) is 189 cm³/mol.